The van der Waals surface area contributed by atoms with E-state index in [0.29, 0.717) is 17.6 Å². The fourth-order valence-electron chi connectivity index (χ4n) is 2.98. The van der Waals surface area contributed by atoms with E-state index in [1.165, 1.54) is 12.8 Å². The van der Waals surface area contributed by atoms with Gasteiger partial charge in [-0.15, -0.1) is 10.2 Å². The molecule has 0 spiro atoms. The number of likely N-dealkylation sites (tertiary alicyclic amines) is 1. The van der Waals surface area contributed by atoms with Crippen molar-refractivity contribution in [2.24, 2.45) is 0 Å². The molecule has 132 valence electrons. The molecular weight excluding hydrogens is 328 g/mol. The third-order valence-corrected chi connectivity index (χ3v) is 4.41. The zero-order chi connectivity index (χ0) is 17.3. The summed E-state index contributed by atoms with van der Waals surface area (Å²) in [4.78, 5) is 14.0. The standard InChI is InChI=1S/C17H25ClN4O2/c1-17(2,3)24-16(23)22-8-4-5-12(10-22)19-15-13(11-6-7-11)9-14(18)20-21-15/h9,11-12H,4-8,10H2,1-3H3,(H,19,21)/t12-/m1/s1. The molecule has 1 aliphatic heterocycles. The average Bonchev–Trinajstić information content (AvgIpc) is 3.32. The van der Waals surface area contributed by atoms with Gasteiger partial charge in [-0.1, -0.05) is 11.6 Å². The van der Waals surface area contributed by atoms with Crippen molar-refractivity contribution in [1.82, 2.24) is 15.1 Å². The third kappa shape index (κ3) is 4.50. The number of amides is 1. The summed E-state index contributed by atoms with van der Waals surface area (Å²) in [7, 11) is 0. The first kappa shape index (κ1) is 17.3. The molecule has 1 N–H and O–H groups in total. The first-order chi connectivity index (χ1) is 11.3. The number of aromatic nitrogens is 2. The monoisotopic (exact) mass is 352 g/mol. The predicted octanol–water partition coefficient (Wildman–Crippen LogP) is 3.82. The Kier molecular flexibility index (Phi) is 4.85. The van der Waals surface area contributed by atoms with Gasteiger partial charge >= 0.3 is 6.09 Å². The maximum atomic E-state index is 12.3. The van der Waals surface area contributed by atoms with E-state index >= 15 is 0 Å². The number of anilines is 1. The molecule has 2 fully saturated rings. The molecule has 2 heterocycles. The summed E-state index contributed by atoms with van der Waals surface area (Å²) >= 11 is 5.99. The molecule has 1 amide bonds. The van der Waals surface area contributed by atoms with Gasteiger partial charge in [-0.25, -0.2) is 4.79 Å². The van der Waals surface area contributed by atoms with Crippen LogP contribution in [0.1, 0.15) is 57.9 Å². The fraction of sp³-hybridized carbons (Fsp3) is 0.706. The minimum Gasteiger partial charge on any atom is -0.444 e. The molecule has 1 saturated carbocycles. The number of nitrogens with zero attached hydrogens (tertiary/aromatic N) is 3. The molecule has 0 unspecified atom stereocenters. The zero-order valence-corrected chi connectivity index (χ0v) is 15.3. The number of rotatable bonds is 3. The van der Waals surface area contributed by atoms with Gasteiger partial charge in [0.1, 0.15) is 5.60 Å². The van der Waals surface area contributed by atoms with Crippen molar-refractivity contribution >= 4 is 23.5 Å². The molecule has 2 aliphatic rings. The quantitative estimate of drug-likeness (QED) is 0.895. The normalized spacial score (nSPS) is 21.5. The molecule has 6 nitrogen and oxygen atoms in total. The summed E-state index contributed by atoms with van der Waals surface area (Å²) in [6.45, 7) is 7.00. The molecule has 0 aromatic carbocycles. The number of halogens is 1. The van der Waals surface area contributed by atoms with Gasteiger partial charge in [-0.2, -0.15) is 0 Å². The van der Waals surface area contributed by atoms with Crippen molar-refractivity contribution in [3.8, 4) is 0 Å². The molecule has 24 heavy (non-hydrogen) atoms. The van der Waals surface area contributed by atoms with Crippen LogP contribution in [0.5, 0.6) is 0 Å². The van der Waals surface area contributed by atoms with Crippen LogP contribution in [0.15, 0.2) is 6.07 Å². The van der Waals surface area contributed by atoms with Crippen LogP contribution in [0.3, 0.4) is 0 Å². The SMILES string of the molecule is CC(C)(C)OC(=O)N1CCC[C@@H](Nc2nnc(Cl)cc2C2CC2)C1. The average molecular weight is 353 g/mol. The Morgan fingerprint density at radius 3 is 2.75 bits per heavy atom. The Balaban J connectivity index is 1.65. The highest BCUT2D eigenvalue weighted by molar-refractivity contribution is 6.29. The van der Waals surface area contributed by atoms with Gasteiger partial charge in [0, 0.05) is 24.7 Å². The Bertz CT molecular complexity index is 613. The molecule has 7 heteroatoms. The Hall–Kier alpha value is -1.56. The summed E-state index contributed by atoms with van der Waals surface area (Å²) in [6, 6.07) is 2.06. The van der Waals surface area contributed by atoms with Crippen molar-refractivity contribution in [3.63, 3.8) is 0 Å². The van der Waals surface area contributed by atoms with Crippen LogP contribution >= 0.6 is 11.6 Å². The second-order valence-corrected chi connectivity index (χ2v) is 8.04. The minimum atomic E-state index is -0.474. The number of nitrogens with one attached hydrogen (secondary N) is 1. The lowest BCUT2D eigenvalue weighted by atomic mass is 10.1. The number of ether oxygens (including phenoxy) is 1. The highest BCUT2D eigenvalue weighted by Crippen LogP contribution is 2.43. The number of hydrogen-bond acceptors (Lipinski definition) is 5. The predicted molar refractivity (Wildman–Crippen MR) is 93.5 cm³/mol. The first-order valence-corrected chi connectivity index (χ1v) is 8.97. The van der Waals surface area contributed by atoms with E-state index in [0.717, 1.165) is 30.8 Å². The van der Waals surface area contributed by atoms with Gasteiger partial charge in [-0.3, -0.25) is 0 Å². The minimum absolute atomic E-state index is 0.152. The van der Waals surface area contributed by atoms with Crippen molar-refractivity contribution in [2.75, 3.05) is 18.4 Å². The van der Waals surface area contributed by atoms with E-state index < -0.39 is 5.60 Å². The van der Waals surface area contributed by atoms with Crippen LogP contribution in [0.2, 0.25) is 5.15 Å². The lowest BCUT2D eigenvalue weighted by Crippen LogP contribution is -2.47. The van der Waals surface area contributed by atoms with Gasteiger partial charge in [0.25, 0.3) is 0 Å². The summed E-state index contributed by atoms with van der Waals surface area (Å²) in [5.41, 5.74) is 0.669. The fourth-order valence-corrected chi connectivity index (χ4v) is 3.13. The van der Waals surface area contributed by atoms with Gasteiger partial charge in [0.15, 0.2) is 11.0 Å². The maximum absolute atomic E-state index is 12.3. The molecule has 0 radical (unpaired) electrons. The first-order valence-electron chi connectivity index (χ1n) is 8.59. The largest absolute Gasteiger partial charge is 0.444 e. The van der Waals surface area contributed by atoms with Crippen molar-refractivity contribution in [1.29, 1.82) is 0 Å². The second-order valence-electron chi connectivity index (χ2n) is 7.66. The highest BCUT2D eigenvalue weighted by atomic mass is 35.5. The van der Waals surface area contributed by atoms with Gasteiger partial charge in [0.05, 0.1) is 0 Å². The third-order valence-electron chi connectivity index (χ3n) is 4.22. The summed E-state index contributed by atoms with van der Waals surface area (Å²) in [5.74, 6) is 1.34. The number of piperidine rings is 1. The summed E-state index contributed by atoms with van der Waals surface area (Å²) < 4.78 is 5.48. The lowest BCUT2D eigenvalue weighted by molar-refractivity contribution is 0.0206. The van der Waals surface area contributed by atoms with Crippen LogP contribution in [0.4, 0.5) is 10.6 Å². The van der Waals surface area contributed by atoms with Crippen molar-refractivity contribution in [2.45, 2.75) is 64.0 Å². The lowest BCUT2D eigenvalue weighted by Gasteiger charge is -2.34. The highest BCUT2D eigenvalue weighted by Gasteiger charge is 2.31. The van der Waals surface area contributed by atoms with E-state index in [9.17, 15) is 4.79 Å². The van der Waals surface area contributed by atoms with Gasteiger partial charge in [0.2, 0.25) is 0 Å². The van der Waals surface area contributed by atoms with E-state index in [2.05, 4.69) is 15.5 Å². The van der Waals surface area contributed by atoms with E-state index in [1.807, 2.05) is 26.8 Å². The van der Waals surface area contributed by atoms with Crippen LogP contribution < -0.4 is 5.32 Å². The van der Waals surface area contributed by atoms with Gasteiger partial charge < -0.3 is 15.0 Å². The summed E-state index contributed by atoms with van der Waals surface area (Å²) in [5, 5.41) is 12.1. The molecule has 0 bridgehead atoms. The van der Waals surface area contributed by atoms with Crippen LogP contribution in [0.25, 0.3) is 0 Å². The Morgan fingerprint density at radius 2 is 2.08 bits per heavy atom. The number of carbonyl (C=O) groups excluding carboxylic acids is 1. The van der Waals surface area contributed by atoms with Crippen molar-refractivity contribution < 1.29 is 9.53 Å². The molecule has 1 aliphatic carbocycles. The zero-order valence-electron chi connectivity index (χ0n) is 14.5. The Labute approximate surface area is 147 Å². The number of hydrogen-bond donors (Lipinski definition) is 1. The molecule has 1 saturated heterocycles. The van der Waals surface area contributed by atoms with Crippen LogP contribution in [-0.4, -0.2) is 45.9 Å². The van der Waals surface area contributed by atoms with E-state index in [1.54, 1.807) is 4.90 Å². The smallest absolute Gasteiger partial charge is 0.410 e. The van der Waals surface area contributed by atoms with Crippen LogP contribution in [0, 0.1) is 0 Å². The van der Waals surface area contributed by atoms with Gasteiger partial charge in [-0.05, 0) is 58.4 Å². The Morgan fingerprint density at radius 1 is 1.33 bits per heavy atom. The molecular formula is C17H25ClN4O2. The van der Waals surface area contributed by atoms with E-state index in [4.69, 9.17) is 16.3 Å². The second kappa shape index (κ2) is 6.75. The van der Waals surface area contributed by atoms with Crippen LogP contribution in [-0.2, 0) is 4.74 Å². The molecule has 3 rings (SSSR count). The van der Waals surface area contributed by atoms with E-state index in [-0.39, 0.29) is 12.1 Å². The number of carbonyl (C=O) groups is 1. The topological polar surface area (TPSA) is 67.3 Å². The van der Waals surface area contributed by atoms with Crippen molar-refractivity contribution in [3.05, 3.63) is 16.8 Å². The maximum Gasteiger partial charge on any atom is 0.410 e. The summed E-state index contributed by atoms with van der Waals surface area (Å²) in [6.07, 6.45) is 4.03. The molecule has 1 aromatic rings. The molecule has 1 atom stereocenters. The molecule has 1 aromatic heterocycles.